The molecule has 124 valence electrons. The second-order valence-corrected chi connectivity index (χ2v) is 4.86. The number of anilines is 1. The predicted octanol–water partition coefficient (Wildman–Crippen LogP) is 1.18. The first-order valence-electron chi connectivity index (χ1n) is 5.96. The molecule has 0 bridgehead atoms. The van der Waals surface area contributed by atoms with Crippen LogP contribution in [0.2, 0.25) is 5.02 Å². The number of nitrogens with two attached hydrogens (primary N) is 1. The van der Waals surface area contributed by atoms with Gasteiger partial charge in [0.15, 0.2) is 5.69 Å². The van der Waals surface area contributed by atoms with Crippen LogP contribution in [0, 0.1) is 0 Å². The molecule has 0 spiro atoms. The number of carbonyl (C=O) groups is 2. The summed E-state index contributed by atoms with van der Waals surface area (Å²) in [5.41, 5.74) is 3.08. The summed E-state index contributed by atoms with van der Waals surface area (Å²) < 4.78 is 40.0. The summed E-state index contributed by atoms with van der Waals surface area (Å²) in [5, 5.41) is 8.33. The number of hydrogen-bond donors (Lipinski definition) is 2. The Kier molecular flexibility index (Phi) is 4.07. The topological polar surface area (TPSA) is 108 Å². The normalized spacial score (nSPS) is 11.6. The Hall–Kier alpha value is -2.56. The van der Waals surface area contributed by atoms with Gasteiger partial charge in [-0.3, -0.25) is 19.0 Å². The first-order chi connectivity index (χ1) is 10.5. The number of hydrogen-bond acceptors (Lipinski definition) is 4. The van der Waals surface area contributed by atoms with Gasteiger partial charge >= 0.3 is 6.18 Å². The van der Waals surface area contributed by atoms with Crippen molar-refractivity contribution in [1.82, 2.24) is 19.6 Å². The lowest BCUT2D eigenvalue weighted by Gasteiger charge is -2.06. The molecule has 0 aliphatic carbocycles. The van der Waals surface area contributed by atoms with Crippen LogP contribution >= 0.6 is 11.6 Å². The van der Waals surface area contributed by atoms with Crippen LogP contribution in [0.15, 0.2) is 6.20 Å². The highest BCUT2D eigenvalue weighted by atomic mass is 35.5. The molecule has 0 fully saturated rings. The van der Waals surface area contributed by atoms with Gasteiger partial charge in [0.1, 0.15) is 16.4 Å². The SMILES string of the molecule is Cn1ncc(NC(=O)c2c(Cl)c(C(F)(F)F)nn2C)c1C(N)=O. The minimum atomic E-state index is -4.81. The molecule has 12 heteroatoms. The third-order valence-corrected chi connectivity index (χ3v) is 3.25. The van der Waals surface area contributed by atoms with E-state index in [4.69, 9.17) is 17.3 Å². The number of aryl methyl sites for hydroxylation is 2. The van der Waals surface area contributed by atoms with E-state index in [0.717, 1.165) is 17.9 Å². The van der Waals surface area contributed by atoms with Gasteiger partial charge in [-0.05, 0) is 0 Å². The Morgan fingerprint density at radius 3 is 2.35 bits per heavy atom. The number of nitrogens with one attached hydrogen (secondary N) is 1. The highest BCUT2D eigenvalue weighted by molar-refractivity contribution is 6.35. The maximum Gasteiger partial charge on any atom is 0.436 e. The van der Waals surface area contributed by atoms with Gasteiger partial charge in [0.2, 0.25) is 0 Å². The third kappa shape index (κ3) is 2.99. The van der Waals surface area contributed by atoms with Gasteiger partial charge in [-0.2, -0.15) is 23.4 Å². The zero-order valence-electron chi connectivity index (χ0n) is 11.8. The van der Waals surface area contributed by atoms with Crippen LogP contribution in [-0.2, 0) is 20.3 Å². The van der Waals surface area contributed by atoms with Crippen molar-refractivity contribution in [1.29, 1.82) is 0 Å². The summed E-state index contributed by atoms with van der Waals surface area (Å²) in [6, 6.07) is 0. The van der Waals surface area contributed by atoms with Crippen molar-refractivity contribution < 1.29 is 22.8 Å². The monoisotopic (exact) mass is 350 g/mol. The van der Waals surface area contributed by atoms with E-state index >= 15 is 0 Å². The zero-order chi connectivity index (χ0) is 17.5. The standard InChI is InChI=1S/C11H10ClF3N6O2/c1-20-6(9(16)22)4(3-17-20)18-10(23)7-5(12)8(11(13,14)15)19-21(7)2/h3H,1-2H3,(H2,16,22)(H,18,23). The zero-order valence-corrected chi connectivity index (χ0v) is 12.5. The predicted molar refractivity (Wildman–Crippen MR) is 72.9 cm³/mol. The minimum Gasteiger partial charge on any atom is -0.364 e. The summed E-state index contributed by atoms with van der Waals surface area (Å²) in [5.74, 6) is -1.86. The number of halogens is 4. The van der Waals surface area contributed by atoms with Crippen LogP contribution in [0.1, 0.15) is 26.7 Å². The van der Waals surface area contributed by atoms with Crippen LogP contribution in [0.25, 0.3) is 0 Å². The largest absolute Gasteiger partial charge is 0.436 e. The van der Waals surface area contributed by atoms with Gasteiger partial charge in [-0.25, -0.2) is 0 Å². The van der Waals surface area contributed by atoms with E-state index in [0.29, 0.717) is 4.68 Å². The molecule has 2 rings (SSSR count). The Balaban J connectivity index is 2.40. The Labute approximate surface area is 132 Å². The van der Waals surface area contributed by atoms with Gasteiger partial charge in [0.05, 0.1) is 11.9 Å². The quantitative estimate of drug-likeness (QED) is 0.866. The lowest BCUT2D eigenvalue weighted by atomic mass is 10.3. The maximum atomic E-state index is 12.7. The average Bonchev–Trinajstić information content (AvgIpc) is 2.89. The number of aromatic nitrogens is 4. The molecule has 0 aliphatic heterocycles. The molecule has 0 radical (unpaired) electrons. The van der Waals surface area contributed by atoms with Crippen molar-refractivity contribution in [3.05, 3.63) is 28.3 Å². The molecule has 2 aromatic rings. The fourth-order valence-corrected chi connectivity index (χ4v) is 2.28. The molecule has 0 unspecified atom stereocenters. The van der Waals surface area contributed by atoms with Crippen molar-refractivity contribution in [2.45, 2.75) is 6.18 Å². The molecule has 3 N–H and O–H groups in total. The highest BCUT2D eigenvalue weighted by Gasteiger charge is 2.39. The Morgan fingerprint density at radius 2 is 1.87 bits per heavy atom. The molecule has 2 heterocycles. The number of alkyl halides is 3. The van der Waals surface area contributed by atoms with E-state index in [1.54, 1.807) is 0 Å². The summed E-state index contributed by atoms with van der Waals surface area (Å²) in [6.07, 6.45) is -3.67. The fourth-order valence-electron chi connectivity index (χ4n) is 1.93. The number of carbonyl (C=O) groups excluding carboxylic acids is 2. The summed E-state index contributed by atoms with van der Waals surface area (Å²) in [4.78, 5) is 23.5. The number of amides is 2. The van der Waals surface area contributed by atoms with Gasteiger partial charge < -0.3 is 11.1 Å². The van der Waals surface area contributed by atoms with E-state index in [1.807, 2.05) is 0 Å². The van der Waals surface area contributed by atoms with Crippen molar-refractivity contribution in [3.8, 4) is 0 Å². The molecule has 23 heavy (non-hydrogen) atoms. The molecule has 2 amide bonds. The first-order valence-corrected chi connectivity index (χ1v) is 6.34. The van der Waals surface area contributed by atoms with Gasteiger partial charge in [-0.15, -0.1) is 0 Å². The van der Waals surface area contributed by atoms with E-state index in [1.165, 1.54) is 7.05 Å². The molecule has 0 aromatic carbocycles. The molecule has 0 saturated heterocycles. The number of nitrogens with zero attached hydrogens (tertiary/aromatic N) is 4. The van der Waals surface area contributed by atoms with Gasteiger partial charge in [0.25, 0.3) is 11.8 Å². The maximum absolute atomic E-state index is 12.7. The molecule has 2 aromatic heterocycles. The average molecular weight is 351 g/mol. The molecule has 0 saturated carbocycles. The summed E-state index contributed by atoms with van der Waals surface area (Å²) in [6.45, 7) is 0. The van der Waals surface area contributed by atoms with Crippen LogP contribution in [-0.4, -0.2) is 31.4 Å². The summed E-state index contributed by atoms with van der Waals surface area (Å²) in [7, 11) is 2.54. The molecule has 8 nitrogen and oxygen atoms in total. The molecule has 0 aliphatic rings. The van der Waals surface area contributed by atoms with E-state index in [-0.39, 0.29) is 11.4 Å². The lowest BCUT2D eigenvalue weighted by molar-refractivity contribution is -0.141. The van der Waals surface area contributed by atoms with E-state index in [9.17, 15) is 22.8 Å². The van der Waals surface area contributed by atoms with Crippen LogP contribution in [0.4, 0.5) is 18.9 Å². The second kappa shape index (κ2) is 5.57. The van der Waals surface area contributed by atoms with Crippen LogP contribution < -0.4 is 11.1 Å². The van der Waals surface area contributed by atoms with Crippen molar-refractivity contribution in [2.24, 2.45) is 19.8 Å². The second-order valence-electron chi connectivity index (χ2n) is 4.48. The Bertz CT molecular complexity index is 795. The number of primary amides is 1. The molecular weight excluding hydrogens is 341 g/mol. The van der Waals surface area contributed by atoms with E-state index < -0.39 is 34.4 Å². The first kappa shape index (κ1) is 16.8. The van der Waals surface area contributed by atoms with Crippen molar-refractivity contribution in [2.75, 3.05) is 5.32 Å². The lowest BCUT2D eigenvalue weighted by Crippen LogP contribution is -2.21. The fraction of sp³-hybridized carbons (Fsp3) is 0.273. The molecule has 0 atom stereocenters. The smallest absolute Gasteiger partial charge is 0.364 e. The summed E-state index contributed by atoms with van der Waals surface area (Å²) >= 11 is 5.61. The Morgan fingerprint density at radius 1 is 1.26 bits per heavy atom. The van der Waals surface area contributed by atoms with Crippen molar-refractivity contribution in [3.63, 3.8) is 0 Å². The van der Waals surface area contributed by atoms with Crippen molar-refractivity contribution >= 4 is 29.1 Å². The minimum absolute atomic E-state index is 0.0594. The van der Waals surface area contributed by atoms with Crippen LogP contribution in [0.5, 0.6) is 0 Å². The van der Waals surface area contributed by atoms with Crippen LogP contribution in [0.3, 0.4) is 0 Å². The highest BCUT2D eigenvalue weighted by Crippen LogP contribution is 2.35. The van der Waals surface area contributed by atoms with Gasteiger partial charge in [0, 0.05) is 14.1 Å². The third-order valence-electron chi connectivity index (χ3n) is 2.89. The number of rotatable bonds is 3. The molecular formula is C11H10ClF3N6O2. The van der Waals surface area contributed by atoms with Gasteiger partial charge in [-0.1, -0.05) is 11.6 Å². The van der Waals surface area contributed by atoms with E-state index in [2.05, 4.69) is 15.5 Å².